The van der Waals surface area contributed by atoms with Gasteiger partial charge in [-0.05, 0) is 0 Å². The summed E-state index contributed by atoms with van der Waals surface area (Å²) in [5, 5.41) is 0. The predicted octanol–water partition coefficient (Wildman–Crippen LogP) is 2.52. The first kappa shape index (κ1) is 32.9. The molecular weight excluding hydrogens is 557 g/mol. The summed E-state index contributed by atoms with van der Waals surface area (Å²) in [6.07, 6.45) is 32.3. The summed E-state index contributed by atoms with van der Waals surface area (Å²) in [4.78, 5) is 22.7. The Morgan fingerprint density at radius 2 is 0.432 bits per heavy atom. The SMILES string of the molecule is Cn1ccnc1.Cn1ccnc1.Cn1ccnc1.Cn1ccnc1.Cn1ccnc1.Cn1ccnc1.[Ru+2]. The number of hydrogen-bond acceptors (Lipinski definition) is 6. The third kappa shape index (κ3) is 19.8. The molecule has 198 valence electrons. The van der Waals surface area contributed by atoms with Crippen molar-refractivity contribution in [2.45, 2.75) is 0 Å². The molecule has 6 rings (SSSR count). The molecule has 37 heavy (non-hydrogen) atoms. The average molecular weight is 594 g/mol. The van der Waals surface area contributed by atoms with Crippen LogP contribution >= 0.6 is 0 Å². The van der Waals surface area contributed by atoms with Gasteiger partial charge in [-0.1, -0.05) is 0 Å². The average Bonchev–Trinajstić information content (AvgIpc) is 3.67. The van der Waals surface area contributed by atoms with Crippen LogP contribution in [0.5, 0.6) is 0 Å². The minimum Gasteiger partial charge on any atom is -0.341 e. The van der Waals surface area contributed by atoms with Crippen LogP contribution in [-0.2, 0) is 61.8 Å². The molecule has 0 bridgehead atoms. The summed E-state index contributed by atoms with van der Waals surface area (Å²) >= 11 is 0. The first-order valence-corrected chi connectivity index (χ1v) is 10.9. The number of hydrogen-bond donors (Lipinski definition) is 0. The third-order valence-electron chi connectivity index (χ3n) is 3.82. The largest absolute Gasteiger partial charge is 2.00 e. The maximum absolute atomic E-state index is 3.78. The fourth-order valence-corrected chi connectivity index (χ4v) is 1.95. The Labute approximate surface area is 231 Å². The van der Waals surface area contributed by atoms with Crippen molar-refractivity contribution in [2.24, 2.45) is 42.3 Å². The zero-order valence-corrected chi connectivity index (χ0v) is 23.9. The molecule has 0 aliphatic carbocycles. The van der Waals surface area contributed by atoms with E-state index in [1.807, 2.05) is 107 Å². The molecular formula is C24H36N12Ru+2. The Bertz CT molecular complexity index is 911. The molecule has 0 aliphatic rings. The van der Waals surface area contributed by atoms with Gasteiger partial charge in [-0.15, -0.1) is 0 Å². The molecule has 0 aromatic carbocycles. The van der Waals surface area contributed by atoms with Gasteiger partial charge in [-0.25, -0.2) is 29.9 Å². The van der Waals surface area contributed by atoms with Crippen LogP contribution in [0.25, 0.3) is 0 Å². The number of aromatic nitrogens is 12. The number of aryl methyl sites for hydroxylation is 6. The fraction of sp³-hybridized carbons (Fsp3) is 0.250. The first-order chi connectivity index (χ1) is 17.4. The van der Waals surface area contributed by atoms with Crippen molar-refractivity contribution in [3.8, 4) is 0 Å². The summed E-state index contributed by atoms with van der Waals surface area (Å²) in [7, 11) is 11.6. The van der Waals surface area contributed by atoms with Crippen LogP contribution in [0.3, 0.4) is 0 Å². The maximum atomic E-state index is 3.78. The van der Waals surface area contributed by atoms with Gasteiger partial charge >= 0.3 is 19.5 Å². The molecule has 0 radical (unpaired) electrons. The van der Waals surface area contributed by atoms with E-state index in [9.17, 15) is 0 Å². The standard InChI is InChI=1S/6C4H6N2.Ru/c6*1-6-3-2-5-4-6;/h6*2-4H,1H3;/q;;;;;;+2. The van der Waals surface area contributed by atoms with Crippen LogP contribution in [0.4, 0.5) is 0 Å². The summed E-state index contributed by atoms with van der Waals surface area (Å²) < 4.78 is 11.3. The van der Waals surface area contributed by atoms with Crippen LogP contribution in [0.15, 0.2) is 112 Å². The molecule has 13 heteroatoms. The van der Waals surface area contributed by atoms with Crippen molar-refractivity contribution < 1.29 is 19.5 Å². The smallest absolute Gasteiger partial charge is 0.341 e. The minimum atomic E-state index is 0. The zero-order chi connectivity index (χ0) is 26.4. The molecule has 6 aromatic heterocycles. The van der Waals surface area contributed by atoms with Crippen LogP contribution in [0, 0.1) is 0 Å². The van der Waals surface area contributed by atoms with Gasteiger partial charge in [0, 0.05) is 117 Å². The van der Waals surface area contributed by atoms with Gasteiger partial charge in [0.15, 0.2) is 0 Å². The van der Waals surface area contributed by atoms with Gasteiger partial charge in [-0.3, -0.25) is 0 Å². The van der Waals surface area contributed by atoms with Crippen LogP contribution in [-0.4, -0.2) is 57.3 Å². The van der Waals surface area contributed by atoms with Gasteiger partial charge in [-0.2, -0.15) is 0 Å². The first-order valence-electron chi connectivity index (χ1n) is 10.9. The van der Waals surface area contributed by atoms with E-state index in [1.54, 1.807) is 75.1 Å². The Kier molecular flexibility index (Phi) is 18.8. The Balaban J connectivity index is 0.000000418. The topological polar surface area (TPSA) is 107 Å². The third-order valence-corrected chi connectivity index (χ3v) is 3.82. The molecule has 0 fully saturated rings. The minimum absolute atomic E-state index is 0. The molecule has 0 aliphatic heterocycles. The van der Waals surface area contributed by atoms with Crippen LogP contribution < -0.4 is 0 Å². The maximum Gasteiger partial charge on any atom is 2.00 e. The van der Waals surface area contributed by atoms with Crippen molar-refractivity contribution >= 4 is 0 Å². The Morgan fingerprint density at radius 3 is 0.459 bits per heavy atom. The van der Waals surface area contributed by atoms with Gasteiger partial charge in [0.05, 0.1) is 38.0 Å². The second-order valence-electron chi connectivity index (χ2n) is 7.37. The number of imidazole rings is 6. The molecule has 0 saturated heterocycles. The van der Waals surface area contributed by atoms with Gasteiger partial charge < -0.3 is 27.4 Å². The number of rotatable bonds is 0. The van der Waals surface area contributed by atoms with E-state index >= 15 is 0 Å². The second-order valence-corrected chi connectivity index (χ2v) is 7.37. The van der Waals surface area contributed by atoms with E-state index in [1.165, 1.54) is 0 Å². The van der Waals surface area contributed by atoms with Crippen molar-refractivity contribution in [2.75, 3.05) is 0 Å². The van der Waals surface area contributed by atoms with Crippen LogP contribution in [0.2, 0.25) is 0 Å². The molecule has 0 amide bonds. The molecule has 0 unspecified atom stereocenters. The molecule has 6 heterocycles. The van der Waals surface area contributed by atoms with E-state index in [2.05, 4.69) is 29.9 Å². The second kappa shape index (κ2) is 21.2. The van der Waals surface area contributed by atoms with Crippen molar-refractivity contribution in [3.05, 3.63) is 112 Å². The summed E-state index contributed by atoms with van der Waals surface area (Å²) in [6, 6.07) is 0. The van der Waals surface area contributed by atoms with Crippen molar-refractivity contribution in [3.63, 3.8) is 0 Å². The van der Waals surface area contributed by atoms with E-state index in [4.69, 9.17) is 0 Å². The number of nitrogens with zero attached hydrogens (tertiary/aromatic N) is 12. The molecule has 12 nitrogen and oxygen atoms in total. The van der Waals surface area contributed by atoms with E-state index in [0.29, 0.717) is 0 Å². The van der Waals surface area contributed by atoms with E-state index in [0.717, 1.165) is 0 Å². The van der Waals surface area contributed by atoms with E-state index in [-0.39, 0.29) is 19.5 Å². The Hall–Kier alpha value is -4.12. The van der Waals surface area contributed by atoms with Crippen molar-refractivity contribution in [1.82, 2.24) is 57.3 Å². The molecule has 0 saturated carbocycles. The normalized spacial score (nSPS) is 8.59. The monoisotopic (exact) mass is 594 g/mol. The summed E-state index contributed by atoms with van der Waals surface area (Å²) in [6.45, 7) is 0. The molecule has 0 atom stereocenters. The zero-order valence-electron chi connectivity index (χ0n) is 22.1. The summed E-state index contributed by atoms with van der Waals surface area (Å²) in [5.74, 6) is 0. The quantitative estimate of drug-likeness (QED) is 0.251. The predicted molar refractivity (Wildman–Crippen MR) is 139 cm³/mol. The molecule has 0 spiro atoms. The molecule has 0 N–H and O–H groups in total. The summed E-state index contributed by atoms with van der Waals surface area (Å²) in [5.41, 5.74) is 0. The van der Waals surface area contributed by atoms with Crippen LogP contribution in [0.1, 0.15) is 0 Å². The van der Waals surface area contributed by atoms with E-state index < -0.39 is 0 Å². The van der Waals surface area contributed by atoms with Crippen molar-refractivity contribution in [1.29, 1.82) is 0 Å². The fourth-order valence-electron chi connectivity index (χ4n) is 1.95. The van der Waals surface area contributed by atoms with Gasteiger partial charge in [0.1, 0.15) is 0 Å². The Morgan fingerprint density at radius 1 is 0.297 bits per heavy atom. The van der Waals surface area contributed by atoms with Gasteiger partial charge in [0.25, 0.3) is 0 Å². The van der Waals surface area contributed by atoms with Gasteiger partial charge in [0.2, 0.25) is 0 Å². The molecule has 6 aromatic rings.